The molecule has 1 aromatic rings. The summed E-state index contributed by atoms with van der Waals surface area (Å²) in [5.41, 5.74) is 7.11. The summed E-state index contributed by atoms with van der Waals surface area (Å²) in [4.78, 5) is 11.0. The van der Waals surface area contributed by atoms with Gasteiger partial charge >= 0.3 is 0 Å². The highest BCUT2D eigenvalue weighted by molar-refractivity contribution is 5.92. The first kappa shape index (κ1) is 14.7. The minimum atomic E-state index is -0.363. The molecule has 0 aliphatic carbocycles. The van der Waals surface area contributed by atoms with Crippen molar-refractivity contribution in [2.75, 3.05) is 0 Å². The van der Waals surface area contributed by atoms with Crippen LogP contribution >= 0.6 is 0 Å². The maximum atomic E-state index is 11.0. The monoisotopic (exact) mass is 247 g/mol. The van der Waals surface area contributed by atoms with Gasteiger partial charge in [0, 0.05) is 5.56 Å². The first-order chi connectivity index (χ1) is 8.34. The van der Waals surface area contributed by atoms with E-state index in [1.165, 1.54) is 5.56 Å². The predicted octanol–water partition coefficient (Wildman–Crippen LogP) is 3.82. The standard InChI is InChI=1S/C16H25NO/c1-10(2)11(3)12(4)13(5)14-6-8-15(9-7-14)16(17)18/h6-13H,1-5H3,(H2,17,18). The van der Waals surface area contributed by atoms with Crippen LogP contribution in [0.4, 0.5) is 0 Å². The SMILES string of the molecule is CC(C)C(C)C(C)C(C)c1ccc(C(N)=O)cc1. The van der Waals surface area contributed by atoms with Crippen molar-refractivity contribution in [2.45, 2.75) is 40.5 Å². The van der Waals surface area contributed by atoms with Crippen LogP contribution in [0.5, 0.6) is 0 Å². The van der Waals surface area contributed by atoms with E-state index in [0.717, 1.165) is 0 Å². The molecular weight excluding hydrogens is 222 g/mol. The van der Waals surface area contributed by atoms with Crippen molar-refractivity contribution in [1.29, 1.82) is 0 Å². The second-order valence-electron chi connectivity index (χ2n) is 5.74. The maximum absolute atomic E-state index is 11.0. The summed E-state index contributed by atoms with van der Waals surface area (Å²) in [5.74, 6) is 2.11. The Morgan fingerprint density at radius 2 is 1.44 bits per heavy atom. The molecule has 3 unspecified atom stereocenters. The minimum absolute atomic E-state index is 0.363. The van der Waals surface area contributed by atoms with Gasteiger partial charge in [-0.25, -0.2) is 0 Å². The van der Waals surface area contributed by atoms with Crippen molar-refractivity contribution >= 4 is 5.91 Å². The summed E-state index contributed by atoms with van der Waals surface area (Å²) in [7, 11) is 0. The number of rotatable bonds is 5. The molecule has 0 spiro atoms. The number of hydrogen-bond donors (Lipinski definition) is 1. The van der Waals surface area contributed by atoms with E-state index in [1.807, 2.05) is 24.3 Å². The zero-order valence-electron chi connectivity index (χ0n) is 12.1. The highest BCUT2D eigenvalue weighted by Gasteiger charge is 2.22. The molecule has 0 heterocycles. The average molecular weight is 247 g/mol. The third-order valence-corrected chi connectivity index (χ3v) is 4.39. The second kappa shape index (κ2) is 6.03. The van der Waals surface area contributed by atoms with Gasteiger partial charge in [-0.2, -0.15) is 0 Å². The minimum Gasteiger partial charge on any atom is -0.366 e. The van der Waals surface area contributed by atoms with Crippen LogP contribution in [-0.2, 0) is 0 Å². The molecule has 100 valence electrons. The lowest BCUT2D eigenvalue weighted by molar-refractivity contribution is 0.100. The molecule has 0 saturated carbocycles. The number of benzene rings is 1. The molecule has 0 aliphatic heterocycles. The smallest absolute Gasteiger partial charge is 0.248 e. The quantitative estimate of drug-likeness (QED) is 0.844. The van der Waals surface area contributed by atoms with Gasteiger partial charge < -0.3 is 5.73 Å². The molecule has 3 atom stereocenters. The summed E-state index contributed by atoms with van der Waals surface area (Å²) in [6.45, 7) is 11.4. The first-order valence-corrected chi connectivity index (χ1v) is 6.74. The van der Waals surface area contributed by atoms with E-state index in [1.54, 1.807) is 0 Å². The lowest BCUT2D eigenvalue weighted by atomic mass is 9.76. The molecule has 0 saturated heterocycles. The Morgan fingerprint density at radius 1 is 0.944 bits per heavy atom. The molecule has 18 heavy (non-hydrogen) atoms. The van der Waals surface area contributed by atoms with E-state index in [0.29, 0.717) is 29.2 Å². The molecule has 2 heteroatoms. The fourth-order valence-corrected chi connectivity index (χ4v) is 2.32. The van der Waals surface area contributed by atoms with Gasteiger partial charge in [-0.1, -0.05) is 46.8 Å². The van der Waals surface area contributed by atoms with Crippen LogP contribution in [0.1, 0.15) is 56.5 Å². The van der Waals surface area contributed by atoms with Crippen molar-refractivity contribution in [2.24, 2.45) is 23.5 Å². The van der Waals surface area contributed by atoms with E-state index in [9.17, 15) is 4.79 Å². The highest BCUT2D eigenvalue weighted by atomic mass is 16.1. The average Bonchev–Trinajstić information content (AvgIpc) is 2.36. The summed E-state index contributed by atoms with van der Waals surface area (Å²) in [6.07, 6.45) is 0. The normalized spacial score (nSPS) is 16.3. The summed E-state index contributed by atoms with van der Waals surface area (Å²) in [6, 6.07) is 7.68. The molecular formula is C16H25NO. The van der Waals surface area contributed by atoms with Gasteiger partial charge in [-0.3, -0.25) is 4.79 Å². The van der Waals surface area contributed by atoms with Crippen molar-refractivity contribution < 1.29 is 4.79 Å². The fraction of sp³-hybridized carbons (Fsp3) is 0.562. The van der Waals surface area contributed by atoms with E-state index < -0.39 is 0 Å². The maximum Gasteiger partial charge on any atom is 0.248 e. The zero-order chi connectivity index (χ0) is 13.9. The lowest BCUT2D eigenvalue weighted by Gasteiger charge is -2.29. The van der Waals surface area contributed by atoms with Gasteiger partial charge in [0.25, 0.3) is 0 Å². The van der Waals surface area contributed by atoms with E-state index in [-0.39, 0.29) is 5.91 Å². The molecule has 0 aliphatic rings. The molecule has 0 radical (unpaired) electrons. The molecule has 1 amide bonds. The molecule has 1 rings (SSSR count). The molecule has 0 bridgehead atoms. The fourth-order valence-electron chi connectivity index (χ4n) is 2.32. The number of carbonyl (C=O) groups is 1. The van der Waals surface area contributed by atoms with Crippen molar-refractivity contribution in [3.8, 4) is 0 Å². The highest BCUT2D eigenvalue weighted by Crippen LogP contribution is 2.33. The Bertz CT molecular complexity index is 394. The van der Waals surface area contributed by atoms with Gasteiger partial charge in [-0.05, 0) is 41.4 Å². The zero-order valence-corrected chi connectivity index (χ0v) is 12.1. The van der Waals surface area contributed by atoms with Gasteiger partial charge in [0.2, 0.25) is 5.91 Å². The Labute approximate surface area is 111 Å². The summed E-state index contributed by atoms with van der Waals surface area (Å²) in [5, 5.41) is 0. The molecule has 1 aromatic carbocycles. The van der Waals surface area contributed by atoms with Crippen molar-refractivity contribution in [3.05, 3.63) is 35.4 Å². The van der Waals surface area contributed by atoms with Crippen LogP contribution < -0.4 is 5.73 Å². The Kier molecular flexibility index (Phi) is 4.94. The van der Waals surface area contributed by atoms with Crippen LogP contribution in [0.25, 0.3) is 0 Å². The topological polar surface area (TPSA) is 43.1 Å². The van der Waals surface area contributed by atoms with E-state index in [2.05, 4.69) is 34.6 Å². The Hall–Kier alpha value is -1.31. The van der Waals surface area contributed by atoms with Gasteiger partial charge in [-0.15, -0.1) is 0 Å². The van der Waals surface area contributed by atoms with Gasteiger partial charge in [0.15, 0.2) is 0 Å². The van der Waals surface area contributed by atoms with Crippen LogP contribution in [0.15, 0.2) is 24.3 Å². The van der Waals surface area contributed by atoms with Crippen LogP contribution in [0.2, 0.25) is 0 Å². The van der Waals surface area contributed by atoms with E-state index in [4.69, 9.17) is 5.73 Å². The van der Waals surface area contributed by atoms with Gasteiger partial charge in [0.05, 0.1) is 0 Å². The molecule has 2 nitrogen and oxygen atoms in total. The number of carbonyl (C=O) groups excluding carboxylic acids is 1. The third-order valence-electron chi connectivity index (χ3n) is 4.39. The van der Waals surface area contributed by atoms with Crippen molar-refractivity contribution in [3.63, 3.8) is 0 Å². The van der Waals surface area contributed by atoms with Gasteiger partial charge in [0.1, 0.15) is 0 Å². The van der Waals surface area contributed by atoms with Crippen molar-refractivity contribution in [1.82, 2.24) is 0 Å². The molecule has 0 fully saturated rings. The number of amides is 1. The van der Waals surface area contributed by atoms with Crippen LogP contribution in [0, 0.1) is 17.8 Å². The number of primary amides is 1. The largest absolute Gasteiger partial charge is 0.366 e. The van der Waals surface area contributed by atoms with E-state index >= 15 is 0 Å². The molecule has 0 aromatic heterocycles. The van der Waals surface area contributed by atoms with Crippen LogP contribution in [-0.4, -0.2) is 5.91 Å². The summed E-state index contributed by atoms with van der Waals surface area (Å²) >= 11 is 0. The first-order valence-electron chi connectivity index (χ1n) is 6.74. The Morgan fingerprint density at radius 3 is 1.83 bits per heavy atom. The second-order valence-corrected chi connectivity index (χ2v) is 5.74. The number of nitrogens with two attached hydrogens (primary N) is 1. The summed E-state index contributed by atoms with van der Waals surface area (Å²) < 4.78 is 0. The lowest BCUT2D eigenvalue weighted by Crippen LogP contribution is -2.20. The number of hydrogen-bond acceptors (Lipinski definition) is 1. The third kappa shape index (κ3) is 3.34. The predicted molar refractivity (Wildman–Crippen MR) is 76.5 cm³/mol. The van der Waals surface area contributed by atoms with Crippen LogP contribution in [0.3, 0.4) is 0 Å². The Balaban J connectivity index is 2.83. The molecule has 2 N–H and O–H groups in total.